The summed E-state index contributed by atoms with van der Waals surface area (Å²) in [7, 11) is 0. The molecule has 3 aromatic rings. The third-order valence-electron chi connectivity index (χ3n) is 4.16. The number of aromatic nitrogens is 2. The Balaban J connectivity index is 1.99. The van der Waals surface area contributed by atoms with Gasteiger partial charge in [0.25, 0.3) is 5.91 Å². The van der Waals surface area contributed by atoms with Crippen molar-refractivity contribution in [3.05, 3.63) is 52.1 Å². The zero-order valence-electron chi connectivity index (χ0n) is 17.2. The highest BCUT2D eigenvalue weighted by molar-refractivity contribution is 6.39. The quantitative estimate of drug-likeness (QED) is 0.475. The zero-order valence-corrected chi connectivity index (χ0v) is 18.8. The predicted octanol–water partition coefficient (Wildman–Crippen LogP) is 5.11. The summed E-state index contributed by atoms with van der Waals surface area (Å²) >= 11 is 12.2. The fourth-order valence-electron chi connectivity index (χ4n) is 2.81. The van der Waals surface area contributed by atoms with E-state index >= 15 is 0 Å². The van der Waals surface area contributed by atoms with Gasteiger partial charge < -0.3 is 24.9 Å². The summed E-state index contributed by atoms with van der Waals surface area (Å²) in [5.41, 5.74) is 6.88. The molecule has 10 heteroatoms. The number of nitrogens with zero attached hydrogens (tertiary/aromatic N) is 2. The Morgan fingerprint density at radius 3 is 2.42 bits per heavy atom. The number of rotatable bonds is 8. The zero-order chi connectivity index (χ0) is 22.5. The van der Waals surface area contributed by atoms with E-state index in [-0.39, 0.29) is 33.1 Å². The number of hydrogen-bond donors (Lipinski definition) is 2. The summed E-state index contributed by atoms with van der Waals surface area (Å²) in [5, 5.41) is 3.04. The minimum atomic E-state index is -0.584. The van der Waals surface area contributed by atoms with Crippen molar-refractivity contribution in [1.29, 1.82) is 0 Å². The van der Waals surface area contributed by atoms with Crippen LogP contribution >= 0.6 is 23.2 Å². The van der Waals surface area contributed by atoms with Crippen LogP contribution in [0.5, 0.6) is 11.5 Å². The molecule has 8 nitrogen and oxygen atoms in total. The molecule has 2 heterocycles. The van der Waals surface area contributed by atoms with Gasteiger partial charge in [0.1, 0.15) is 0 Å². The number of amides is 1. The first kappa shape index (κ1) is 22.9. The Bertz CT molecular complexity index is 1060. The highest BCUT2D eigenvalue weighted by atomic mass is 35.5. The SMILES string of the molecule is CCOc1ccc(-c2nc(C(=O)Nc3c(Cl)cncc3Cl)c(C(C)N)o2)cc1OCC. The maximum absolute atomic E-state index is 12.9. The van der Waals surface area contributed by atoms with Gasteiger partial charge in [-0.2, -0.15) is 0 Å². The molecule has 0 spiro atoms. The van der Waals surface area contributed by atoms with Crippen LogP contribution in [0.3, 0.4) is 0 Å². The topological polar surface area (TPSA) is 112 Å². The average molecular weight is 465 g/mol. The number of ether oxygens (including phenoxy) is 2. The average Bonchev–Trinajstić information content (AvgIpc) is 3.18. The molecule has 1 amide bonds. The van der Waals surface area contributed by atoms with Gasteiger partial charge in [-0.25, -0.2) is 4.98 Å². The minimum absolute atomic E-state index is 0.0285. The highest BCUT2D eigenvalue weighted by Crippen LogP contribution is 2.35. The smallest absolute Gasteiger partial charge is 0.278 e. The third kappa shape index (κ3) is 5.10. The maximum Gasteiger partial charge on any atom is 0.278 e. The molecule has 3 rings (SSSR count). The fourth-order valence-corrected chi connectivity index (χ4v) is 3.27. The summed E-state index contributed by atoms with van der Waals surface area (Å²) < 4.78 is 17.1. The molecule has 1 aromatic carbocycles. The van der Waals surface area contributed by atoms with E-state index in [1.54, 1.807) is 25.1 Å². The van der Waals surface area contributed by atoms with Gasteiger partial charge >= 0.3 is 0 Å². The molecule has 0 aliphatic carbocycles. The van der Waals surface area contributed by atoms with E-state index in [1.807, 2.05) is 13.8 Å². The van der Waals surface area contributed by atoms with Crippen molar-refractivity contribution in [2.75, 3.05) is 18.5 Å². The first-order valence-electron chi connectivity index (χ1n) is 9.62. The van der Waals surface area contributed by atoms with Crippen LogP contribution in [-0.4, -0.2) is 29.1 Å². The standard InChI is InChI=1S/C21H22Cl2N4O4/c1-4-29-15-7-6-12(8-16(15)30-5-2)21-27-18(19(31-21)11(3)24)20(28)26-17-13(22)9-25-10-14(17)23/h6-11H,4-5,24H2,1-3H3,(H,25,26,28). The van der Waals surface area contributed by atoms with E-state index < -0.39 is 11.9 Å². The number of benzene rings is 1. The number of halogens is 2. The summed E-state index contributed by atoms with van der Waals surface area (Å²) in [6.45, 7) is 6.41. The second-order valence-electron chi connectivity index (χ2n) is 6.48. The van der Waals surface area contributed by atoms with E-state index in [0.717, 1.165) is 0 Å². The van der Waals surface area contributed by atoms with Crippen LogP contribution in [0.2, 0.25) is 10.0 Å². The summed E-state index contributed by atoms with van der Waals surface area (Å²) in [6, 6.07) is 4.68. The molecule has 164 valence electrons. The molecule has 2 aromatic heterocycles. The van der Waals surface area contributed by atoms with Crippen molar-refractivity contribution in [3.8, 4) is 23.0 Å². The van der Waals surface area contributed by atoms with E-state index in [0.29, 0.717) is 30.3 Å². The van der Waals surface area contributed by atoms with Crippen LogP contribution in [0.15, 0.2) is 35.0 Å². The molecule has 0 radical (unpaired) electrons. The van der Waals surface area contributed by atoms with Gasteiger partial charge in [-0.3, -0.25) is 9.78 Å². The van der Waals surface area contributed by atoms with E-state index in [2.05, 4.69) is 15.3 Å². The monoisotopic (exact) mass is 464 g/mol. The van der Waals surface area contributed by atoms with Crippen molar-refractivity contribution < 1.29 is 18.7 Å². The van der Waals surface area contributed by atoms with Crippen LogP contribution < -0.4 is 20.5 Å². The molecule has 1 atom stereocenters. The maximum atomic E-state index is 12.9. The number of pyridine rings is 1. The van der Waals surface area contributed by atoms with Gasteiger partial charge in [0, 0.05) is 18.0 Å². The minimum Gasteiger partial charge on any atom is -0.490 e. The van der Waals surface area contributed by atoms with E-state index in [4.69, 9.17) is 42.8 Å². The molecule has 3 N–H and O–H groups in total. The fraction of sp³-hybridized carbons (Fsp3) is 0.286. The number of carbonyl (C=O) groups is 1. The Kier molecular flexibility index (Phi) is 7.37. The highest BCUT2D eigenvalue weighted by Gasteiger charge is 2.25. The summed E-state index contributed by atoms with van der Waals surface area (Å²) in [6.07, 6.45) is 2.75. The number of carbonyl (C=O) groups excluding carboxylic acids is 1. The second kappa shape index (κ2) is 10.00. The first-order chi connectivity index (χ1) is 14.8. The van der Waals surface area contributed by atoms with Crippen LogP contribution in [-0.2, 0) is 0 Å². The van der Waals surface area contributed by atoms with Crippen molar-refractivity contribution in [1.82, 2.24) is 9.97 Å². The third-order valence-corrected chi connectivity index (χ3v) is 4.74. The van der Waals surface area contributed by atoms with Crippen molar-refractivity contribution >= 4 is 34.8 Å². The molecule has 0 bridgehead atoms. The number of anilines is 1. The van der Waals surface area contributed by atoms with E-state index in [9.17, 15) is 4.79 Å². The summed E-state index contributed by atoms with van der Waals surface area (Å²) in [5.74, 6) is 1.03. The van der Waals surface area contributed by atoms with Gasteiger partial charge in [-0.1, -0.05) is 23.2 Å². The van der Waals surface area contributed by atoms with Crippen molar-refractivity contribution in [2.24, 2.45) is 5.73 Å². The van der Waals surface area contributed by atoms with Gasteiger partial charge in [0.15, 0.2) is 23.0 Å². The van der Waals surface area contributed by atoms with Crippen molar-refractivity contribution in [3.63, 3.8) is 0 Å². The lowest BCUT2D eigenvalue weighted by atomic mass is 10.2. The lowest BCUT2D eigenvalue weighted by Gasteiger charge is -2.11. The van der Waals surface area contributed by atoms with Crippen LogP contribution in [0, 0.1) is 0 Å². The van der Waals surface area contributed by atoms with Crippen molar-refractivity contribution in [2.45, 2.75) is 26.8 Å². The molecule has 1 unspecified atom stereocenters. The van der Waals surface area contributed by atoms with Crippen LogP contribution in [0.25, 0.3) is 11.5 Å². The van der Waals surface area contributed by atoms with Gasteiger partial charge in [-0.05, 0) is 39.0 Å². The Morgan fingerprint density at radius 1 is 1.16 bits per heavy atom. The Labute approximate surface area is 189 Å². The molecule has 0 aliphatic heterocycles. The Hall–Kier alpha value is -2.81. The lowest BCUT2D eigenvalue weighted by Crippen LogP contribution is -2.17. The molecule has 0 saturated carbocycles. The molecular weight excluding hydrogens is 443 g/mol. The van der Waals surface area contributed by atoms with Crippen LogP contribution in [0.1, 0.15) is 43.1 Å². The molecule has 0 fully saturated rings. The lowest BCUT2D eigenvalue weighted by molar-refractivity contribution is 0.102. The first-order valence-corrected chi connectivity index (χ1v) is 10.4. The molecule has 0 aliphatic rings. The largest absolute Gasteiger partial charge is 0.490 e. The predicted molar refractivity (Wildman–Crippen MR) is 119 cm³/mol. The number of hydrogen-bond acceptors (Lipinski definition) is 7. The Morgan fingerprint density at radius 2 is 1.81 bits per heavy atom. The van der Waals surface area contributed by atoms with Gasteiger partial charge in [-0.15, -0.1) is 0 Å². The van der Waals surface area contributed by atoms with Gasteiger partial charge in [0.2, 0.25) is 5.89 Å². The number of nitrogens with one attached hydrogen (secondary N) is 1. The molecular formula is C21H22Cl2N4O4. The van der Waals surface area contributed by atoms with Crippen LogP contribution in [0.4, 0.5) is 5.69 Å². The number of oxazole rings is 1. The molecule has 31 heavy (non-hydrogen) atoms. The second-order valence-corrected chi connectivity index (χ2v) is 7.29. The number of nitrogens with two attached hydrogens (primary N) is 1. The summed E-state index contributed by atoms with van der Waals surface area (Å²) in [4.78, 5) is 21.2. The van der Waals surface area contributed by atoms with Gasteiger partial charge in [0.05, 0.1) is 35.0 Å². The van der Waals surface area contributed by atoms with E-state index in [1.165, 1.54) is 12.4 Å². The molecule has 0 saturated heterocycles. The normalized spacial score (nSPS) is 11.8.